The second-order valence-corrected chi connectivity index (χ2v) is 10.5. The first-order valence-electron chi connectivity index (χ1n) is 14.1. The second-order valence-electron chi connectivity index (χ2n) is 10.5. The first-order valence-corrected chi connectivity index (χ1v) is 14.1. The van der Waals surface area contributed by atoms with Gasteiger partial charge in [-0.1, -0.05) is 72.8 Å². The molecule has 0 fully saturated rings. The molecule has 0 amide bonds. The standard InChI is InChI=1S/C35H33N3O3/c1-38-31-23-28(25-17-15-24(16-18-25)22-32(39)40-2)19-20-29(31)33(37-38)30-14-9-21-36-35(30)41-34(26-10-5-3-6-11-26)27-12-7-4-8-13-27/h3-14,17,19-21,23-24,34H,15-16,18,22H2,1-2H3. The van der Waals surface area contributed by atoms with Crippen molar-refractivity contribution in [1.82, 2.24) is 14.8 Å². The number of pyridine rings is 1. The minimum atomic E-state index is -0.311. The van der Waals surface area contributed by atoms with Gasteiger partial charge in [-0.15, -0.1) is 0 Å². The van der Waals surface area contributed by atoms with Crippen LogP contribution in [-0.2, 0) is 16.6 Å². The molecule has 3 aromatic carbocycles. The number of fused-ring (bicyclic) bond motifs is 1. The molecular formula is C35H33N3O3. The minimum absolute atomic E-state index is 0.131. The third kappa shape index (κ3) is 5.64. The van der Waals surface area contributed by atoms with E-state index < -0.39 is 0 Å². The molecule has 206 valence electrons. The first kappa shape index (κ1) is 26.5. The van der Waals surface area contributed by atoms with Crippen molar-refractivity contribution < 1.29 is 14.3 Å². The fraction of sp³-hybridized carbons (Fsp3) is 0.229. The summed E-state index contributed by atoms with van der Waals surface area (Å²) < 4.78 is 13.5. The summed E-state index contributed by atoms with van der Waals surface area (Å²) in [4.78, 5) is 16.4. The monoisotopic (exact) mass is 543 g/mol. The van der Waals surface area contributed by atoms with Crippen LogP contribution in [0.1, 0.15) is 48.5 Å². The van der Waals surface area contributed by atoms with E-state index in [0.717, 1.165) is 52.5 Å². The summed E-state index contributed by atoms with van der Waals surface area (Å²) in [6.07, 6.45) is 7.02. The number of rotatable bonds is 8. The Labute approximate surface area is 240 Å². The molecule has 0 spiro atoms. The van der Waals surface area contributed by atoms with Crippen LogP contribution in [-0.4, -0.2) is 27.8 Å². The maximum atomic E-state index is 11.7. The summed E-state index contributed by atoms with van der Waals surface area (Å²) in [5, 5.41) is 5.99. The molecule has 1 atom stereocenters. The Morgan fingerprint density at radius 2 is 1.71 bits per heavy atom. The third-order valence-corrected chi connectivity index (χ3v) is 7.89. The Bertz CT molecular complexity index is 1650. The van der Waals surface area contributed by atoms with Gasteiger partial charge < -0.3 is 9.47 Å². The van der Waals surface area contributed by atoms with Crippen LogP contribution in [0.25, 0.3) is 27.7 Å². The molecular weight excluding hydrogens is 510 g/mol. The van der Waals surface area contributed by atoms with Crippen LogP contribution in [0.3, 0.4) is 0 Å². The Kier molecular flexibility index (Phi) is 7.63. The van der Waals surface area contributed by atoms with E-state index >= 15 is 0 Å². The lowest BCUT2D eigenvalue weighted by Gasteiger charge is -2.21. The zero-order valence-electron chi connectivity index (χ0n) is 23.4. The van der Waals surface area contributed by atoms with Crippen molar-refractivity contribution in [2.45, 2.75) is 31.8 Å². The summed E-state index contributed by atoms with van der Waals surface area (Å²) in [6, 6.07) is 30.9. The van der Waals surface area contributed by atoms with E-state index in [1.807, 2.05) is 60.3 Å². The van der Waals surface area contributed by atoms with Gasteiger partial charge in [0.1, 0.15) is 5.69 Å². The van der Waals surface area contributed by atoms with Crippen molar-refractivity contribution in [2.75, 3.05) is 7.11 Å². The van der Waals surface area contributed by atoms with E-state index in [4.69, 9.17) is 14.6 Å². The molecule has 0 saturated carbocycles. The number of allylic oxidation sites excluding steroid dienone is 2. The number of nitrogens with zero attached hydrogens (tertiary/aromatic N) is 3. The van der Waals surface area contributed by atoms with Crippen LogP contribution in [0.15, 0.2) is 103 Å². The van der Waals surface area contributed by atoms with Crippen molar-refractivity contribution in [2.24, 2.45) is 13.0 Å². The summed E-state index contributed by atoms with van der Waals surface area (Å²) in [7, 11) is 3.43. The Hall–Kier alpha value is -4.71. The number of aromatic nitrogens is 3. The van der Waals surface area contributed by atoms with Crippen LogP contribution in [0, 0.1) is 5.92 Å². The van der Waals surface area contributed by atoms with Gasteiger partial charge in [-0.2, -0.15) is 5.10 Å². The zero-order valence-corrected chi connectivity index (χ0v) is 23.4. The quantitative estimate of drug-likeness (QED) is 0.189. The maximum Gasteiger partial charge on any atom is 0.305 e. The molecule has 1 unspecified atom stereocenters. The predicted octanol–water partition coefficient (Wildman–Crippen LogP) is 7.55. The molecule has 1 aliphatic carbocycles. The average Bonchev–Trinajstić information content (AvgIpc) is 3.36. The lowest BCUT2D eigenvalue weighted by Crippen LogP contribution is -2.12. The number of esters is 1. The van der Waals surface area contributed by atoms with E-state index in [1.54, 1.807) is 6.20 Å². The van der Waals surface area contributed by atoms with E-state index in [0.29, 0.717) is 18.2 Å². The molecule has 5 aromatic rings. The summed E-state index contributed by atoms with van der Waals surface area (Å²) in [6.45, 7) is 0. The van der Waals surface area contributed by atoms with Crippen LogP contribution >= 0.6 is 0 Å². The Morgan fingerprint density at radius 3 is 2.37 bits per heavy atom. The normalized spacial score (nSPS) is 15.1. The molecule has 0 saturated heterocycles. The van der Waals surface area contributed by atoms with Gasteiger partial charge in [0.15, 0.2) is 6.10 Å². The lowest BCUT2D eigenvalue weighted by atomic mass is 9.85. The molecule has 1 aliphatic rings. The number of ether oxygens (including phenoxy) is 2. The highest BCUT2D eigenvalue weighted by molar-refractivity contribution is 5.96. The van der Waals surface area contributed by atoms with Gasteiger partial charge in [0, 0.05) is 25.1 Å². The maximum absolute atomic E-state index is 11.7. The predicted molar refractivity (Wildman–Crippen MR) is 161 cm³/mol. The van der Waals surface area contributed by atoms with Crippen molar-refractivity contribution in [1.29, 1.82) is 0 Å². The van der Waals surface area contributed by atoms with Crippen LogP contribution in [0.4, 0.5) is 0 Å². The number of hydrogen-bond acceptors (Lipinski definition) is 5. The van der Waals surface area contributed by atoms with Gasteiger partial charge in [-0.3, -0.25) is 9.48 Å². The van der Waals surface area contributed by atoms with Crippen molar-refractivity contribution >= 4 is 22.4 Å². The molecule has 0 radical (unpaired) electrons. The van der Waals surface area contributed by atoms with E-state index in [2.05, 4.69) is 53.5 Å². The van der Waals surface area contributed by atoms with Gasteiger partial charge in [0.25, 0.3) is 0 Å². The zero-order chi connectivity index (χ0) is 28.2. The summed E-state index contributed by atoms with van der Waals surface area (Å²) in [5.41, 5.74) is 7.36. The van der Waals surface area contributed by atoms with Crippen molar-refractivity contribution in [3.63, 3.8) is 0 Å². The van der Waals surface area contributed by atoms with E-state index in [9.17, 15) is 4.79 Å². The fourth-order valence-corrected chi connectivity index (χ4v) is 5.67. The van der Waals surface area contributed by atoms with Gasteiger partial charge in [-0.25, -0.2) is 4.98 Å². The molecule has 6 nitrogen and oxygen atoms in total. The minimum Gasteiger partial charge on any atom is -0.469 e. The molecule has 0 N–H and O–H groups in total. The number of carbonyl (C=O) groups excluding carboxylic acids is 1. The number of hydrogen-bond donors (Lipinski definition) is 0. The number of methoxy groups -OCH3 is 1. The topological polar surface area (TPSA) is 66.2 Å². The van der Waals surface area contributed by atoms with Crippen molar-refractivity contribution in [3.8, 4) is 17.1 Å². The van der Waals surface area contributed by atoms with Gasteiger partial charge >= 0.3 is 5.97 Å². The van der Waals surface area contributed by atoms with E-state index in [1.165, 1.54) is 18.2 Å². The Balaban J connectivity index is 1.33. The molecule has 6 heteroatoms. The summed E-state index contributed by atoms with van der Waals surface area (Å²) in [5.74, 6) is 0.757. The molecule has 0 aliphatic heterocycles. The van der Waals surface area contributed by atoms with Gasteiger partial charge in [0.2, 0.25) is 5.88 Å². The summed E-state index contributed by atoms with van der Waals surface area (Å²) >= 11 is 0. The highest BCUT2D eigenvalue weighted by Gasteiger charge is 2.23. The van der Waals surface area contributed by atoms with Crippen molar-refractivity contribution in [3.05, 3.63) is 120 Å². The highest BCUT2D eigenvalue weighted by Crippen LogP contribution is 2.38. The largest absolute Gasteiger partial charge is 0.469 e. The SMILES string of the molecule is COC(=O)CC1CC=C(c2ccc3c(-c4cccnc4OC(c4ccccc4)c4ccccc4)nn(C)c3c2)CC1. The lowest BCUT2D eigenvalue weighted by molar-refractivity contribution is -0.141. The smallest absolute Gasteiger partial charge is 0.305 e. The average molecular weight is 544 g/mol. The van der Waals surface area contributed by atoms with Gasteiger partial charge in [-0.05, 0) is 71.7 Å². The first-order chi connectivity index (χ1) is 20.1. The fourth-order valence-electron chi connectivity index (χ4n) is 5.67. The molecule has 0 bridgehead atoms. The third-order valence-electron chi connectivity index (χ3n) is 7.89. The number of aryl methyl sites for hydroxylation is 1. The number of benzene rings is 3. The van der Waals surface area contributed by atoms with Gasteiger partial charge in [0.05, 0.1) is 18.2 Å². The molecule has 41 heavy (non-hydrogen) atoms. The molecule has 2 heterocycles. The number of carbonyl (C=O) groups is 1. The van der Waals surface area contributed by atoms with E-state index in [-0.39, 0.29) is 12.1 Å². The Morgan fingerprint density at radius 1 is 0.976 bits per heavy atom. The van der Waals surface area contributed by atoms with Crippen LogP contribution in [0.5, 0.6) is 5.88 Å². The van der Waals surface area contributed by atoms with Crippen LogP contribution < -0.4 is 4.74 Å². The molecule has 6 rings (SSSR count). The van der Waals surface area contributed by atoms with Crippen LogP contribution in [0.2, 0.25) is 0 Å². The molecule has 2 aromatic heterocycles. The highest BCUT2D eigenvalue weighted by atomic mass is 16.5. The second kappa shape index (κ2) is 11.8.